The molecule has 1 aromatic heterocycles. The first-order valence-corrected chi connectivity index (χ1v) is 11.3. The molecule has 0 unspecified atom stereocenters. The van der Waals surface area contributed by atoms with Gasteiger partial charge in [-0.1, -0.05) is 48.0 Å². The SMILES string of the molecule is O=C(NC[C@H](c1cccnc1)N1CCN(c2ccccc2)CC1)C(=O)Nc1ccccc1Cl. The predicted octanol–water partition coefficient (Wildman–Crippen LogP) is 3.35. The molecular formula is C25H26ClN5O2. The van der Waals surface area contributed by atoms with E-state index in [0.29, 0.717) is 17.3 Å². The first-order chi connectivity index (χ1) is 16.1. The first kappa shape index (κ1) is 22.8. The van der Waals surface area contributed by atoms with Gasteiger partial charge >= 0.3 is 11.8 Å². The summed E-state index contributed by atoms with van der Waals surface area (Å²) < 4.78 is 0. The summed E-state index contributed by atoms with van der Waals surface area (Å²) in [5.74, 6) is -1.45. The van der Waals surface area contributed by atoms with Gasteiger partial charge in [0.1, 0.15) is 0 Å². The maximum absolute atomic E-state index is 12.5. The lowest BCUT2D eigenvalue weighted by atomic mass is 10.1. The molecule has 0 radical (unpaired) electrons. The number of hydrogen-bond acceptors (Lipinski definition) is 5. The van der Waals surface area contributed by atoms with Gasteiger partial charge in [-0.15, -0.1) is 0 Å². The Bertz CT molecular complexity index is 1070. The maximum atomic E-state index is 12.5. The summed E-state index contributed by atoms with van der Waals surface area (Å²) in [6.07, 6.45) is 3.54. The molecule has 0 aliphatic carbocycles. The zero-order chi connectivity index (χ0) is 23.0. The van der Waals surface area contributed by atoms with Crippen LogP contribution in [0, 0.1) is 0 Å². The van der Waals surface area contributed by atoms with Crippen molar-refractivity contribution in [3.63, 3.8) is 0 Å². The summed E-state index contributed by atoms with van der Waals surface area (Å²) in [6, 6.07) is 20.9. The standard InChI is InChI=1S/C25H26ClN5O2/c26-21-10-4-5-11-22(21)29-25(33)24(32)28-18-23(19-7-6-12-27-17-19)31-15-13-30(14-16-31)20-8-2-1-3-9-20/h1-12,17,23H,13-16,18H2,(H,28,32)(H,29,33)/t23-/m1/s1. The number of anilines is 2. The number of pyridine rings is 1. The van der Waals surface area contributed by atoms with Crippen LogP contribution in [0.2, 0.25) is 5.02 Å². The number of halogens is 1. The van der Waals surface area contributed by atoms with Gasteiger partial charge in [-0.2, -0.15) is 0 Å². The summed E-state index contributed by atoms with van der Waals surface area (Å²) in [7, 11) is 0. The largest absolute Gasteiger partial charge is 0.369 e. The van der Waals surface area contributed by atoms with E-state index in [2.05, 4.69) is 37.6 Å². The average Bonchev–Trinajstić information content (AvgIpc) is 2.87. The molecule has 3 aromatic rings. The summed E-state index contributed by atoms with van der Waals surface area (Å²) in [4.78, 5) is 33.8. The molecule has 1 fully saturated rings. The zero-order valence-electron chi connectivity index (χ0n) is 18.2. The average molecular weight is 464 g/mol. The smallest absolute Gasteiger partial charge is 0.313 e. The number of nitrogens with one attached hydrogen (secondary N) is 2. The topological polar surface area (TPSA) is 77.6 Å². The van der Waals surface area contributed by atoms with Crippen molar-refractivity contribution in [3.8, 4) is 0 Å². The molecule has 2 heterocycles. The molecule has 1 atom stereocenters. The molecule has 8 heteroatoms. The van der Waals surface area contributed by atoms with Crippen LogP contribution in [0.3, 0.4) is 0 Å². The van der Waals surface area contributed by atoms with Gasteiger partial charge in [-0.05, 0) is 35.9 Å². The van der Waals surface area contributed by atoms with Gasteiger partial charge < -0.3 is 15.5 Å². The van der Waals surface area contributed by atoms with Gasteiger partial charge in [0.15, 0.2) is 0 Å². The first-order valence-electron chi connectivity index (χ1n) is 10.9. The van der Waals surface area contributed by atoms with Crippen molar-refractivity contribution < 1.29 is 9.59 Å². The van der Waals surface area contributed by atoms with Crippen LogP contribution < -0.4 is 15.5 Å². The summed E-state index contributed by atoms with van der Waals surface area (Å²) >= 11 is 6.07. The Kier molecular flexibility index (Phi) is 7.55. The van der Waals surface area contributed by atoms with Crippen LogP contribution in [0.4, 0.5) is 11.4 Å². The lowest BCUT2D eigenvalue weighted by Gasteiger charge is -2.40. The highest BCUT2D eigenvalue weighted by Crippen LogP contribution is 2.24. The van der Waals surface area contributed by atoms with E-state index in [9.17, 15) is 9.59 Å². The van der Waals surface area contributed by atoms with Crippen molar-refractivity contribution in [2.75, 3.05) is 42.9 Å². The van der Waals surface area contributed by atoms with Crippen LogP contribution in [0.5, 0.6) is 0 Å². The molecular weight excluding hydrogens is 438 g/mol. The highest BCUT2D eigenvalue weighted by molar-refractivity contribution is 6.41. The van der Waals surface area contributed by atoms with Gasteiger partial charge in [0, 0.05) is 50.8 Å². The Morgan fingerprint density at radius 1 is 0.909 bits per heavy atom. The van der Waals surface area contributed by atoms with Crippen molar-refractivity contribution >= 4 is 34.8 Å². The quantitative estimate of drug-likeness (QED) is 0.548. The number of benzene rings is 2. The lowest BCUT2D eigenvalue weighted by Crippen LogP contribution is -2.50. The Labute approximate surface area is 198 Å². The van der Waals surface area contributed by atoms with E-state index in [-0.39, 0.29) is 6.04 Å². The van der Waals surface area contributed by atoms with E-state index in [1.165, 1.54) is 5.69 Å². The third-order valence-electron chi connectivity index (χ3n) is 5.73. The second-order valence-corrected chi connectivity index (χ2v) is 8.21. The maximum Gasteiger partial charge on any atom is 0.313 e. The fraction of sp³-hybridized carbons (Fsp3) is 0.240. The minimum absolute atomic E-state index is 0.0892. The number of carbonyl (C=O) groups excluding carboxylic acids is 2. The molecule has 0 saturated carbocycles. The molecule has 4 rings (SSSR count). The van der Waals surface area contributed by atoms with Crippen LogP contribution in [0.1, 0.15) is 11.6 Å². The highest BCUT2D eigenvalue weighted by Gasteiger charge is 2.27. The van der Waals surface area contributed by atoms with Gasteiger partial charge in [-0.25, -0.2) is 0 Å². The molecule has 0 bridgehead atoms. The molecule has 2 amide bonds. The number of nitrogens with zero attached hydrogens (tertiary/aromatic N) is 3. The number of amides is 2. The zero-order valence-corrected chi connectivity index (χ0v) is 18.9. The predicted molar refractivity (Wildman–Crippen MR) is 130 cm³/mol. The van der Waals surface area contributed by atoms with Crippen molar-refractivity contribution in [1.29, 1.82) is 0 Å². The van der Waals surface area contributed by atoms with E-state index in [1.54, 1.807) is 30.5 Å². The van der Waals surface area contributed by atoms with E-state index >= 15 is 0 Å². The summed E-state index contributed by atoms with van der Waals surface area (Å²) in [6.45, 7) is 3.71. The third kappa shape index (κ3) is 5.88. The minimum Gasteiger partial charge on any atom is -0.369 e. The van der Waals surface area contributed by atoms with E-state index in [4.69, 9.17) is 11.6 Å². The number of carbonyl (C=O) groups is 2. The van der Waals surface area contributed by atoms with Gasteiger partial charge in [0.25, 0.3) is 0 Å². The van der Waals surface area contributed by atoms with Crippen molar-refractivity contribution in [2.24, 2.45) is 0 Å². The van der Waals surface area contributed by atoms with Crippen molar-refractivity contribution in [3.05, 3.63) is 89.7 Å². The molecule has 7 nitrogen and oxygen atoms in total. The molecule has 2 N–H and O–H groups in total. The Balaban J connectivity index is 1.39. The van der Waals surface area contributed by atoms with Crippen molar-refractivity contribution in [1.82, 2.24) is 15.2 Å². The highest BCUT2D eigenvalue weighted by atomic mass is 35.5. The molecule has 33 heavy (non-hydrogen) atoms. The van der Waals surface area contributed by atoms with Crippen LogP contribution >= 0.6 is 11.6 Å². The van der Waals surface area contributed by atoms with Crippen LogP contribution in [0.25, 0.3) is 0 Å². The Morgan fingerprint density at radius 3 is 2.33 bits per heavy atom. The normalized spacial score (nSPS) is 15.0. The van der Waals surface area contributed by atoms with Crippen molar-refractivity contribution in [2.45, 2.75) is 6.04 Å². The fourth-order valence-electron chi connectivity index (χ4n) is 3.97. The fourth-order valence-corrected chi connectivity index (χ4v) is 4.16. The monoisotopic (exact) mass is 463 g/mol. The molecule has 1 saturated heterocycles. The minimum atomic E-state index is -0.748. The number of piperazine rings is 1. The van der Waals surface area contributed by atoms with E-state index in [0.717, 1.165) is 31.7 Å². The number of para-hydroxylation sites is 2. The molecule has 1 aliphatic heterocycles. The summed E-state index contributed by atoms with van der Waals surface area (Å²) in [5, 5.41) is 5.72. The number of hydrogen-bond donors (Lipinski definition) is 2. The second kappa shape index (κ2) is 10.9. The Morgan fingerprint density at radius 2 is 1.64 bits per heavy atom. The van der Waals surface area contributed by atoms with E-state index < -0.39 is 11.8 Å². The lowest BCUT2D eigenvalue weighted by molar-refractivity contribution is -0.136. The van der Waals surface area contributed by atoms with Crippen LogP contribution in [0.15, 0.2) is 79.1 Å². The molecule has 2 aromatic carbocycles. The molecule has 1 aliphatic rings. The van der Waals surface area contributed by atoms with Gasteiger partial charge in [0.2, 0.25) is 0 Å². The number of rotatable bonds is 6. The third-order valence-corrected chi connectivity index (χ3v) is 6.06. The second-order valence-electron chi connectivity index (χ2n) is 7.80. The molecule has 0 spiro atoms. The Hall–Kier alpha value is -3.42. The molecule has 170 valence electrons. The number of aromatic nitrogens is 1. The van der Waals surface area contributed by atoms with Crippen LogP contribution in [-0.2, 0) is 9.59 Å². The summed E-state index contributed by atoms with van der Waals surface area (Å²) in [5.41, 5.74) is 2.61. The van der Waals surface area contributed by atoms with E-state index in [1.807, 2.05) is 36.5 Å². The van der Waals surface area contributed by atoms with Crippen LogP contribution in [-0.4, -0.2) is 54.4 Å². The van der Waals surface area contributed by atoms with Gasteiger partial charge in [0.05, 0.1) is 16.8 Å². The van der Waals surface area contributed by atoms with Gasteiger partial charge in [-0.3, -0.25) is 19.5 Å².